The molecule has 0 bridgehead atoms. The Labute approximate surface area is 115 Å². The highest BCUT2D eigenvalue weighted by molar-refractivity contribution is 5.76. The van der Waals surface area contributed by atoms with Crippen LogP contribution in [0.3, 0.4) is 0 Å². The summed E-state index contributed by atoms with van der Waals surface area (Å²) in [5.41, 5.74) is 0. The summed E-state index contributed by atoms with van der Waals surface area (Å²) in [6.45, 7) is 5.30. The van der Waals surface area contributed by atoms with Crippen molar-refractivity contribution in [3.63, 3.8) is 0 Å². The summed E-state index contributed by atoms with van der Waals surface area (Å²) in [6, 6.07) is 0.252. The molecule has 0 aromatic rings. The molecule has 1 amide bonds. The van der Waals surface area contributed by atoms with Crippen LogP contribution in [0.5, 0.6) is 0 Å². The van der Waals surface area contributed by atoms with Crippen LogP contribution >= 0.6 is 0 Å². The first-order valence-electron chi connectivity index (χ1n) is 7.06. The molecule has 0 rings (SSSR count). The first-order valence-corrected chi connectivity index (χ1v) is 7.06. The summed E-state index contributed by atoms with van der Waals surface area (Å²) in [5, 5.41) is 8.56. The molecule has 0 fully saturated rings. The van der Waals surface area contributed by atoms with Gasteiger partial charge in [-0.3, -0.25) is 9.59 Å². The molecule has 0 saturated carbocycles. The summed E-state index contributed by atoms with van der Waals surface area (Å²) < 4.78 is 5.05. The van der Waals surface area contributed by atoms with Crippen LogP contribution in [0.4, 0.5) is 0 Å². The molecule has 0 saturated heterocycles. The van der Waals surface area contributed by atoms with E-state index in [-0.39, 0.29) is 18.4 Å². The van der Waals surface area contributed by atoms with E-state index in [4.69, 9.17) is 9.84 Å². The number of rotatable bonds is 11. The maximum atomic E-state index is 12.2. The molecule has 0 unspecified atom stereocenters. The van der Waals surface area contributed by atoms with Crippen LogP contribution in [-0.2, 0) is 14.3 Å². The number of hydrogen-bond donors (Lipinski definition) is 1. The Hall–Kier alpha value is -1.10. The van der Waals surface area contributed by atoms with Gasteiger partial charge in [0.25, 0.3) is 0 Å². The maximum absolute atomic E-state index is 12.2. The number of carboxylic acid groups (broad SMARTS) is 1. The molecule has 5 heteroatoms. The molecule has 0 aliphatic carbocycles. The highest BCUT2D eigenvalue weighted by Crippen LogP contribution is 2.12. The van der Waals surface area contributed by atoms with Crippen molar-refractivity contribution in [2.24, 2.45) is 0 Å². The molecule has 1 N–H and O–H groups in total. The van der Waals surface area contributed by atoms with Gasteiger partial charge in [0.1, 0.15) is 0 Å². The Morgan fingerprint density at radius 2 is 1.74 bits per heavy atom. The molecule has 0 aromatic carbocycles. The van der Waals surface area contributed by atoms with E-state index in [0.29, 0.717) is 32.4 Å². The number of methoxy groups -OCH3 is 1. The highest BCUT2D eigenvalue weighted by Gasteiger charge is 2.20. The number of carbonyl (C=O) groups excluding carboxylic acids is 1. The van der Waals surface area contributed by atoms with Gasteiger partial charge in [-0.15, -0.1) is 0 Å². The second kappa shape index (κ2) is 10.8. The largest absolute Gasteiger partial charge is 0.481 e. The Kier molecular flexibility index (Phi) is 10.2. The number of carboxylic acids is 1. The number of nitrogens with zero attached hydrogens (tertiary/aromatic N) is 1. The van der Waals surface area contributed by atoms with Gasteiger partial charge in [-0.25, -0.2) is 0 Å². The molecule has 112 valence electrons. The van der Waals surface area contributed by atoms with Crippen LogP contribution in [0.1, 0.15) is 52.4 Å². The smallest absolute Gasteiger partial charge is 0.303 e. The first kappa shape index (κ1) is 17.9. The summed E-state index contributed by atoms with van der Waals surface area (Å²) in [6.07, 6.45) is 3.61. The average Bonchev–Trinajstić information content (AvgIpc) is 2.39. The van der Waals surface area contributed by atoms with Crippen LogP contribution < -0.4 is 0 Å². The molecule has 5 nitrogen and oxygen atoms in total. The lowest BCUT2D eigenvalue weighted by molar-refractivity contribution is -0.138. The van der Waals surface area contributed by atoms with Crippen molar-refractivity contribution < 1.29 is 19.4 Å². The Morgan fingerprint density at radius 3 is 2.21 bits per heavy atom. The topological polar surface area (TPSA) is 66.8 Å². The number of ether oxygens (including phenoxy) is 1. The van der Waals surface area contributed by atoms with Crippen LogP contribution in [-0.4, -0.2) is 48.2 Å². The number of amides is 1. The number of aliphatic carboxylic acids is 1. The van der Waals surface area contributed by atoms with E-state index in [1.54, 1.807) is 7.11 Å². The standard InChI is InChI=1S/C14H27NO4/c1-4-12(5-2)15(10-11-19-3)13(16)8-6-7-9-14(17)18/h12H,4-11H2,1-3H3,(H,17,18). The van der Waals surface area contributed by atoms with Gasteiger partial charge in [-0.1, -0.05) is 13.8 Å². The molecule has 0 aromatic heterocycles. The van der Waals surface area contributed by atoms with Crippen molar-refractivity contribution in [3.05, 3.63) is 0 Å². The molecule has 19 heavy (non-hydrogen) atoms. The van der Waals surface area contributed by atoms with Crippen molar-refractivity contribution >= 4 is 11.9 Å². The average molecular weight is 273 g/mol. The summed E-state index contributed by atoms with van der Waals surface area (Å²) in [4.78, 5) is 24.5. The summed E-state index contributed by atoms with van der Waals surface area (Å²) >= 11 is 0. The molecule has 0 aliphatic rings. The third-order valence-electron chi connectivity index (χ3n) is 3.27. The predicted octanol–water partition coefficient (Wildman–Crippen LogP) is 2.29. The predicted molar refractivity (Wildman–Crippen MR) is 74.1 cm³/mol. The number of hydrogen-bond acceptors (Lipinski definition) is 3. The van der Waals surface area contributed by atoms with E-state index in [1.807, 2.05) is 4.90 Å². The lowest BCUT2D eigenvalue weighted by Gasteiger charge is -2.30. The molecule has 0 aliphatic heterocycles. The monoisotopic (exact) mass is 273 g/mol. The normalized spacial score (nSPS) is 10.7. The van der Waals surface area contributed by atoms with Gasteiger partial charge in [0, 0.05) is 32.5 Å². The Morgan fingerprint density at radius 1 is 1.16 bits per heavy atom. The minimum atomic E-state index is -0.802. The van der Waals surface area contributed by atoms with Crippen molar-refractivity contribution in [2.75, 3.05) is 20.3 Å². The summed E-state index contributed by atoms with van der Waals surface area (Å²) in [5.74, 6) is -0.695. The van der Waals surface area contributed by atoms with E-state index >= 15 is 0 Å². The minimum absolute atomic E-state index is 0.108. The molecule has 0 spiro atoms. The van der Waals surface area contributed by atoms with Crippen molar-refractivity contribution in [2.45, 2.75) is 58.4 Å². The minimum Gasteiger partial charge on any atom is -0.481 e. The SMILES string of the molecule is CCC(CC)N(CCOC)C(=O)CCCCC(=O)O. The Balaban J connectivity index is 4.24. The van der Waals surface area contributed by atoms with Crippen LogP contribution in [0.25, 0.3) is 0 Å². The molecule has 0 heterocycles. The fourth-order valence-corrected chi connectivity index (χ4v) is 2.13. The van der Waals surface area contributed by atoms with E-state index in [0.717, 1.165) is 12.8 Å². The third kappa shape index (κ3) is 7.82. The molecular formula is C14H27NO4. The fraction of sp³-hybridized carbons (Fsp3) is 0.857. The molecule has 0 radical (unpaired) electrons. The van der Waals surface area contributed by atoms with Crippen molar-refractivity contribution in [1.82, 2.24) is 4.90 Å². The number of carbonyl (C=O) groups is 2. The lowest BCUT2D eigenvalue weighted by Crippen LogP contribution is -2.41. The van der Waals surface area contributed by atoms with E-state index in [1.165, 1.54) is 0 Å². The number of unbranched alkanes of at least 4 members (excludes halogenated alkanes) is 1. The molecule has 0 atom stereocenters. The Bertz CT molecular complexity index is 264. The lowest BCUT2D eigenvalue weighted by atomic mass is 10.1. The zero-order chi connectivity index (χ0) is 14.7. The maximum Gasteiger partial charge on any atom is 0.303 e. The van der Waals surface area contributed by atoms with Crippen LogP contribution in [0, 0.1) is 0 Å². The van der Waals surface area contributed by atoms with Crippen LogP contribution in [0.2, 0.25) is 0 Å². The second-order valence-corrected chi connectivity index (χ2v) is 4.65. The van der Waals surface area contributed by atoms with E-state index < -0.39 is 5.97 Å². The zero-order valence-electron chi connectivity index (χ0n) is 12.4. The third-order valence-corrected chi connectivity index (χ3v) is 3.27. The van der Waals surface area contributed by atoms with E-state index in [9.17, 15) is 9.59 Å². The second-order valence-electron chi connectivity index (χ2n) is 4.65. The molecular weight excluding hydrogens is 246 g/mol. The fourth-order valence-electron chi connectivity index (χ4n) is 2.13. The van der Waals surface area contributed by atoms with Gasteiger partial charge in [0.2, 0.25) is 5.91 Å². The first-order chi connectivity index (χ1) is 9.06. The van der Waals surface area contributed by atoms with E-state index in [2.05, 4.69) is 13.8 Å². The van der Waals surface area contributed by atoms with Gasteiger partial charge in [-0.05, 0) is 25.7 Å². The zero-order valence-corrected chi connectivity index (χ0v) is 12.4. The van der Waals surface area contributed by atoms with Gasteiger partial charge < -0.3 is 14.7 Å². The van der Waals surface area contributed by atoms with Crippen molar-refractivity contribution in [3.8, 4) is 0 Å². The highest BCUT2D eigenvalue weighted by atomic mass is 16.5. The van der Waals surface area contributed by atoms with Crippen LogP contribution in [0.15, 0.2) is 0 Å². The van der Waals surface area contributed by atoms with Gasteiger partial charge >= 0.3 is 5.97 Å². The van der Waals surface area contributed by atoms with Gasteiger partial charge in [0.15, 0.2) is 0 Å². The van der Waals surface area contributed by atoms with Gasteiger partial charge in [0.05, 0.1) is 6.61 Å². The quantitative estimate of drug-likeness (QED) is 0.587. The van der Waals surface area contributed by atoms with Crippen molar-refractivity contribution in [1.29, 1.82) is 0 Å². The summed E-state index contributed by atoms with van der Waals surface area (Å²) in [7, 11) is 1.63. The van der Waals surface area contributed by atoms with Gasteiger partial charge in [-0.2, -0.15) is 0 Å².